The number of benzene rings is 1. The summed E-state index contributed by atoms with van der Waals surface area (Å²) in [5, 5.41) is 15.0. The van der Waals surface area contributed by atoms with Gasteiger partial charge in [0.1, 0.15) is 0 Å². The van der Waals surface area contributed by atoms with Crippen LogP contribution in [0.5, 0.6) is 0 Å². The van der Waals surface area contributed by atoms with Gasteiger partial charge < -0.3 is 15.7 Å². The van der Waals surface area contributed by atoms with Crippen LogP contribution < -0.4 is 10.6 Å². The quantitative estimate of drug-likeness (QED) is 0.776. The lowest BCUT2D eigenvalue weighted by atomic mass is 9.86. The van der Waals surface area contributed by atoms with Gasteiger partial charge in [0.05, 0.1) is 5.92 Å². The Morgan fingerprint density at radius 2 is 1.83 bits per heavy atom. The molecule has 2 atom stereocenters. The van der Waals surface area contributed by atoms with E-state index in [1.807, 2.05) is 6.07 Å². The number of carbonyl (C=O) groups excluding carboxylic acids is 1. The third kappa shape index (κ3) is 3.89. The topological polar surface area (TPSA) is 78.4 Å². The molecule has 0 bridgehead atoms. The van der Waals surface area contributed by atoms with Gasteiger partial charge in [-0.25, -0.2) is 4.79 Å². The number of nitrogens with one attached hydrogen (secondary N) is 2. The number of aliphatic carboxylic acids is 1. The van der Waals surface area contributed by atoms with Crippen molar-refractivity contribution >= 4 is 12.0 Å². The fraction of sp³-hybridized carbons (Fsp3) is 0.579. The van der Waals surface area contributed by atoms with Gasteiger partial charge in [0.25, 0.3) is 0 Å². The highest BCUT2D eigenvalue weighted by atomic mass is 16.4. The van der Waals surface area contributed by atoms with E-state index in [2.05, 4.69) is 41.8 Å². The zero-order chi connectivity index (χ0) is 17.2. The number of hydrogen-bond donors (Lipinski definition) is 3. The molecule has 1 aromatic carbocycles. The van der Waals surface area contributed by atoms with Gasteiger partial charge in [-0.2, -0.15) is 0 Å². The largest absolute Gasteiger partial charge is 0.481 e. The molecule has 5 nitrogen and oxygen atoms in total. The first kappa shape index (κ1) is 16.8. The minimum atomic E-state index is -0.716. The molecule has 0 unspecified atom stereocenters. The Morgan fingerprint density at radius 3 is 2.46 bits per heavy atom. The van der Waals surface area contributed by atoms with E-state index in [0.717, 1.165) is 19.3 Å². The molecule has 3 rings (SSSR count). The van der Waals surface area contributed by atoms with Crippen LogP contribution >= 0.6 is 0 Å². The number of rotatable bonds is 5. The fourth-order valence-electron chi connectivity index (χ4n) is 3.81. The van der Waals surface area contributed by atoms with Crippen LogP contribution in [-0.2, 0) is 4.79 Å². The molecule has 2 fully saturated rings. The molecule has 2 aliphatic carbocycles. The highest BCUT2D eigenvalue weighted by Gasteiger charge is 2.50. The minimum Gasteiger partial charge on any atom is -0.481 e. The lowest BCUT2D eigenvalue weighted by Gasteiger charge is -2.27. The second-order valence-electron chi connectivity index (χ2n) is 7.54. The Morgan fingerprint density at radius 1 is 1.17 bits per heavy atom. The first-order valence-corrected chi connectivity index (χ1v) is 8.80. The summed E-state index contributed by atoms with van der Waals surface area (Å²) in [5.41, 5.74) is 1.48. The minimum absolute atomic E-state index is 0.0949. The first-order valence-electron chi connectivity index (χ1n) is 8.80. The molecular formula is C19H26N2O3. The molecule has 130 valence electrons. The maximum absolute atomic E-state index is 12.1. The average molecular weight is 330 g/mol. The Balaban J connectivity index is 1.40. The highest BCUT2D eigenvalue weighted by molar-refractivity contribution is 5.74. The van der Waals surface area contributed by atoms with Gasteiger partial charge in [-0.05, 0) is 49.0 Å². The van der Waals surface area contributed by atoms with E-state index in [9.17, 15) is 9.59 Å². The number of carbonyl (C=O) groups is 2. The van der Waals surface area contributed by atoms with Crippen molar-refractivity contribution in [2.45, 2.75) is 51.0 Å². The monoisotopic (exact) mass is 330 g/mol. The van der Waals surface area contributed by atoms with Crippen molar-refractivity contribution in [3.05, 3.63) is 35.9 Å². The summed E-state index contributed by atoms with van der Waals surface area (Å²) >= 11 is 0. The normalized spacial score (nSPS) is 32.0. The van der Waals surface area contributed by atoms with Gasteiger partial charge in [-0.1, -0.05) is 37.3 Å². The van der Waals surface area contributed by atoms with Gasteiger partial charge >= 0.3 is 12.0 Å². The molecule has 0 aromatic heterocycles. The summed E-state index contributed by atoms with van der Waals surface area (Å²) in [6.07, 6.45) is 3.88. The van der Waals surface area contributed by atoms with Gasteiger partial charge in [0.15, 0.2) is 0 Å². The molecule has 1 aromatic rings. The maximum Gasteiger partial charge on any atom is 0.315 e. The first-order chi connectivity index (χ1) is 11.5. The zero-order valence-corrected chi connectivity index (χ0v) is 14.1. The molecule has 0 radical (unpaired) electrons. The summed E-state index contributed by atoms with van der Waals surface area (Å²) in [6.45, 7) is 2.88. The number of amides is 2. The molecule has 24 heavy (non-hydrogen) atoms. The molecule has 2 saturated carbocycles. The summed E-state index contributed by atoms with van der Waals surface area (Å²) in [4.78, 5) is 23.1. The van der Waals surface area contributed by atoms with Crippen molar-refractivity contribution in [1.82, 2.24) is 10.6 Å². The zero-order valence-electron chi connectivity index (χ0n) is 14.1. The number of carboxylic acids is 1. The van der Waals surface area contributed by atoms with Crippen LogP contribution in [0.2, 0.25) is 0 Å². The Labute approximate surface area is 142 Å². The Hall–Kier alpha value is -2.04. The van der Waals surface area contributed by atoms with Crippen LogP contribution in [0, 0.1) is 11.3 Å². The van der Waals surface area contributed by atoms with E-state index in [1.54, 1.807) is 0 Å². The fourth-order valence-corrected chi connectivity index (χ4v) is 3.81. The van der Waals surface area contributed by atoms with Crippen molar-refractivity contribution in [2.24, 2.45) is 11.3 Å². The second-order valence-corrected chi connectivity index (χ2v) is 7.54. The van der Waals surface area contributed by atoms with E-state index in [4.69, 9.17) is 5.11 Å². The van der Waals surface area contributed by atoms with Crippen LogP contribution in [0.25, 0.3) is 0 Å². The van der Waals surface area contributed by atoms with Gasteiger partial charge in [-0.15, -0.1) is 0 Å². The molecule has 2 amide bonds. The molecule has 0 aliphatic heterocycles. The summed E-state index contributed by atoms with van der Waals surface area (Å²) in [6, 6.07) is 10.4. The van der Waals surface area contributed by atoms with Crippen molar-refractivity contribution < 1.29 is 14.7 Å². The number of urea groups is 1. The van der Waals surface area contributed by atoms with E-state index in [0.29, 0.717) is 25.3 Å². The van der Waals surface area contributed by atoms with Gasteiger partial charge in [0, 0.05) is 12.6 Å². The smallest absolute Gasteiger partial charge is 0.315 e. The van der Waals surface area contributed by atoms with Crippen LogP contribution in [0.3, 0.4) is 0 Å². The standard InChI is InChI=1S/C19H26N2O3/c1-19(11-16(19)13-5-3-2-4-6-13)12-20-18(24)21-15-9-7-14(8-10-15)17(22)23/h2-6,14-16H,7-12H2,1H3,(H,22,23)(H2,20,21,24)/t14?,15?,16-,19-/m0/s1. The van der Waals surface area contributed by atoms with E-state index in [-0.39, 0.29) is 23.4 Å². The molecular weight excluding hydrogens is 304 g/mol. The predicted molar refractivity (Wildman–Crippen MR) is 91.8 cm³/mol. The lowest BCUT2D eigenvalue weighted by Crippen LogP contribution is -2.45. The van der Waals surface area contributed by atoms with Crippen molar-refractivity contribution in [3.8, 4) is 0 Å². The van der Waals surface area contributed by atoms with E-state index < -0.39 is 5.97 Å². The van der Waals surface area contributed by atoms with E-state index in [1.165, 1.54) is 5.56 Å². The lowest BCUT2D eigenvalue weighted by molar-refractivity contribution is -0.142. The molecule has 3 N–H and O–H groups in total. The van der Waals surface area contributed by atoms with Gasteiger partial charge in [0.2, 0.25) is 0 Å². The van der Waals surface area contributed by atoms with Crippen LogP contribution in [0.4, 0.5) is 4.79 Å². The number of carboxylic acid groups (broad SMARTS) is 1. The van der Waals surface area contributed by atoms with Gasteiger partial charge in [-0.3, -0.25) is 4.79 Å². The van der Waals surface area contributed by atoms with Crippen LogP contribution in [0.1, 0.15) is 50.5 Å². The SMILES string of the molecule is C[C@@]1(CNC(=O)NC2CCC(C(=O)O)CC2)C[C@H]1c1ccccc1. The van der Waals surface area contributed by atoms with Crippen molar-refractivity contribution in [3.63, 3.8) is 0 Å². The van der Waals surface area contributed by atoms with Crippen molar-refractivity contribution in [1.29, 1.82) is 0 Å². The Kier molecular flexibility index (Phi) is 4.78. The van der Waals surface area contributed by atoms with Crippen LogP contribution in [-0.4, -0.2) is 29.7 Å². The average Bonchev–Trinajstić information content (AvgIpc) is 3.27. The Bertz CT molecular complexity index is 596. The molecule has 5 heteroatoms. The maximum atomic E-state index is 12.1. The molecule has 2 aliphatic rings. The third-order valence-electron chi connectivity index (χ3n) is 5.62. The molecule has 0 spiro atoms. The second kappa shape index (κ2) is 6.83. The molecule has 0 saturated heterocycles. The third-order valence-corrected chi connectivity index (χ3v) is 5.62. The molecule has 0 heterocycles. The van der Waals surface area contributed by atoms with Crippen molar-refractivity contribution in [2.75, 3.05) is 6.54 Å². The number of hydrogen-bond acceptors (Lipinski definition) is 2. The summed E-state index contributed by atoms with van der Waals surface area (Å²) in [7, 11) is 0. The summed E-state index contributed by atoms with van der Waals surface area (Å²) in [5.74, 6) is -0.445. The van der Waals surface area contributed by atoms with E-state index >= 15 is 0 Å². The predicted octanol–water partition coefficient (Wildman–Crippen LogP) is 3.12. The highest BCUT2D eigenvalue weighted by Crippen LogP contribution is 2.58. The van der Waals surface area contributed by atoms with Crippen LogP contribution in [0.15, 0.2) is 30.3 Å². The summed E-state index contributed by atoms with van der Waals surface area (Å²) < 4.78 is 0.